The number of ketones is 1. The second-order valence-electron chi connectivity index (χ2n) is 6.66. The molecule has 0 saturated carbocycles. The van der Waals surface area contributed by atoms with Crippen molar-refractivity contribution in [2.45, 2.75) is 30.5 Å². The molecule has 0 aliphatic rings. The minimum absolute atomic E-state index is 0.0476. The maximum Gasteiger partial charge on any atom is 0.195 e. The zero-order valence-electron chi connectivity index (χ0n) is 16.1. The Morgan fingerprint density at radius 2 is 1.88 bits per heavy atom. The van der Waals surface area contributed by atoms with Crippen LogP contribution in [0.15, 0.2) is 47.5 Å². The van der Waals surface area contributed by atoms with Gasteiger partial charge in [0, 0.05) is 22.3 Å². The number of aryl methyl sites for hydroxylation is 1. The molecule has 0 N–H and O–H groups in total. The number of nitrogens with zero attached hydrogens (tertiary/aromatic N) is 2. The predicted molar refractivity (Wildman–Crippen MR) is 115 cm³/mol. The van der Waals surface area contributed by atoms with Crippen molar-refractivity contribution in [1.29, 1.82) is 0 Å². The first-order valence-corrected chi connectivity index (χ1v) is 11.0. The summed E-state index contributed by atoms with van der Waals surface area (Å²) in [5.41, 5.74) is 2.37. The van der Waals surface area contributed by atoms with Gasteiger partial charge in [-0.25, -0.2) is 4.98 Å². The van der Waals surface area contributed by atoms with Crippen LogP contribution >= 0.6 is 23.5 Å². The molecule has 0 aliphatic heterocycles. The van der Waals surface area contributed by atoms with Crippen LogP contribution in [0.4, 0.5) is 0 Å². The van der Waals surface area contributed by atoms with Crippen molar-refractivity contribution in [2.75, 3.05) is 32.1 Å². The van der Waals surface area contributed by atoms with Crippen LogP contribution in [0.2, 0.25) is 0 Å². The van der Waals surface area contributed by atoms with Gasteiger partial charge in [0.2, 0.25) is 0 Å². The number of rotatable bonds is 10. The quantitative estimate of drug-likeness (QED) is 0.332. The van der Waals surface area contributed by atoms with E-state index >= 15 is 0 Å². The fourth-order valence-corrected chi connectivity index (χ4v) is 4.76. The Morgan fingerprint density at radius 3 is 2.58 bits per heavy atom. The Labute approximate surface area is 166 Å². The molecular formula is C21H28N2OS2. The second-order valence-corrected chi connectivity index (χ2v) is 9.24. The van der Waals surface area contributed by atoms with Gasteiger partial charge in [0.1, 0.15) is 5.03 Å². The van der Waals surface area contributed by atoms with Crippen LogP contribution in [0.25, 0.3) is 0 Å². The van der Waals surface area contributed by atoms with E-state index in [-0.39, 0.29) is 5.78 Å². The molecule has 0 amide bonds. The van der Waals surface area contributed by atoms with E-state index in [1.165, 1.54) is 12.2 Å². The fraction of sp³-hybridized carbons (Fsp3) is 0.429. The summed E-state index contributed by atoms with van der Waals surface area (Å²) in [5, 5.41) is 1.26. The number of carbonyl (C=O) groups is 1. The maximum atomic E-state index is 12.9. The molecule has 0 bridgehead atoms. The number of aromatic nitrogens is 1. The van der Waals surface area contributed by atoms with Gasteiger partial charge in [-0.3, -0.25) is 4.79 Å². The number of carbonyl (C=O) groups excluding carboxylic acids is 1. The fourth-order valence-electron chi connectivity index (χ4n) is 2.50. The average molecular weight is 389 g/mol. The van der Waals surface area contributed by atoms with Gasteiger partial charge in [-0.15, -0.1) is 11.8 Å². The van der Waals surface area contributed by atoms with E-state index in [9.17, 15) is 4.79 Å². The summed E-state index contributed by atoms with van der Waals surface area (Å²) in [6.45, 7) is 5.32. The van der Waals surface area contributed by atoms with Gasteiger partial charge in [0.25, 0.3) is 0 Å². The highest BCUT2D eigenvalue weighted by molar-refractivity contribution is 8.03. The second kappa shape index (κ2) is 10.8. The molecule has 0 spiro atoms. The molecule has 26 heavy (non-hydrogen) atoms. The smallest absolute Gasteiger partial charge is 0.195 e. The first-order valence-electron chi connectivity index (χ1n) is 8.94. The zero-order chi connectivity index (χ0) is 18.9. The van der Waals surface area contributed by atoms with Crippen LogP contribution in [0.3, 0.4) is 0 Å². The van der Waals surface area contributed by atoms with Crippen molar-refractivity contribution < 1.29 is 4.79 Å². The van der Waals surface area contributed by atoms with Gasteiger partial charge >= 0.3 is 0 Å². The molecule has 1 heterocycles. The lowest BCUT2D eigenvalue weighted by Gasteiger charge is -2.14. The Balaban J connectivity index is 2.00. The Morgan fingerprint density at radius 1 is 1.15 bits per heavy atom. The molecule has 1 unspecified atom stereocenters. The van der Waals surface area contributed by atoms with Gasteiger partial charge in [0.05, 0.1) is 5.56 Å². The van der Waals surface area contributed by atoms with Gasteiger partial charge in [-0.1, -0.05) is 37.3 Å². The average Bonchev–Trinajstić information content (AvgIpc) is 2.61. The lowest BCUT2D eigenvalue weighted by molar-refractivity contribution is 0.103. The third-order valence-electron chi connectivity index (χ3n) is 3.84. The topological polar surface area (TPSA) is 33.2 Å². The van der Waals surface area contributed by atoms with E-state index < -0.39 is 0 Å². The van der Waals surface area contributed by atoms with Crippen molar-refractivity contribution >= 4 is 29.3 Å². The van der Waals surface area contributed by atoms with Crippen LogP contribution in [0, 0.1) is 6.92 Å². The standard InChI is InChI=1S/C21H28N2OS2/c1-16-11-12-19(20(24)18-9-6-5-7-10-18)21(22-16)26-17(2)15-25-14-8-13-23(3)4/h5-7,9-12,17H,8,13-15H2,1-4H3. The Kier molecular flexibility index (Phi) is 8.69. The molecule has 0 radical (unpaired) electrons. The van der Waals surface area contributed by atoms with Crippen LogP contribution < -0.4 is 0 Å². The molecule has 3 nitrogen and oxygen atoms in total. The Bertz CT molecular complexity index is 704. The summed E-state index contributed by atoms with van der Waals surface area (Å²) in [7, 11) is 4.22. The molecule has 2 rings (SSSR count). The molecule has 0 aliphatic carbocycles. The normalized spacial score (nSPS) is 12.3. The zero-order valence-corrected chi connectivity index (χ0v) is 17.7. The summed E-state index contributed by atoms with van der Waals surface area (Å²) in [4.78, 5) is 19.7. The molecule has 1 atom stereocenters. The van der Waals surface area contributed by atoms with Crippen molar-refractivity contribution in [1.82, 2.24) is 9.88 Å². The van der Waals surface area contributed by atoms with Crippen molar-refractivity contribution in [3.8, 4) is 0 Å². The highest BCUT2D eigenvalue weighted by Crippen LogP contribution is 2.29. The minimum atomic E-state index is 0.0476. The van der Waals surface area contributed by atoms with Crippen molar-refractivity contribution in [3.05, 3.63) is 59.3 Å². The molecule has 140 valence electrons. The van der Waals surface area contributed by atoms with Gasteiger partial charge in [0.15, 0.2) is 5.78 Å². The van der Waals surface area contributed by atoms with Gasteiger partial charge in [-0.05, 0) is 51.9 Å². The molecule has 0 fully saturated rings. The van der Waals surface area contributed by atoms with E-state index in [1.807, 2.05) is 61.2 Å². The largest absolute Gasteiger partial charge is 0.309 e. The maximum absolute atomic E-state index is 12.9. The third kappa shape index (κ3) is 6.78. The Hall–Kier alpha value is -1.30. The number of pyridine rings is 1. The molecule has 0 saturated heterocycles. The van der Waals surface area contributed by atoms with Gasteiger partial charge < -0.3 is 4.90 Å². The van der Waals surface area contributed by atoms with Crippen LogP contribution in [0.5, 0.6) is 0 Å². The first-order chi connectivity index (χ1) is 12.5. The van der Waals surface area contributed by atoms with E-state index in [4.69, 9.17) is 0 Å². The lowest BCUT2D eigenvalue weighted by Crippen LogP contribution is -2.14. The SMILES string of the molecule is Cc1ccc(C(=O)c2ccccc2)c(SC(C)CSCCCN(C)C)n1. The minimum Gasteiger partial charge on any atom is -0.309 e. The van der Waals surface area contributed by atoms with Gasteiger partial charge in [-0.2, -0.15) is 11.8 Å². The molecule has 1 aromatic heterocycles. The van der Waals surface area contributed by atoms with Crippen LogP contribution in [-0.2, 0) is 0 Å². The first kappa shape index (κ1) is 21.0. The molecular weight excluding hydrogens is 360 g/mol. The van der Waals surface area contributed by atoms with E-state index in [0.29, 0.717) is 16.4 Å². The molecule has 5 heteroatoms. The summed E-state index contributed by atoms with van der Waals surface area (Å²) in [5.74, 6) is 2.28. The third-order valence-corrected chi connectivity index (χ3v) is 6.47. The van der Waals surface area contributed by atoms with Crippen LogP contribution in [0.1, 0.15) is 35.0 Å². The van der Waals surface area contributed by atoms with Crippen LogP contribution in [-0.4, -0.2) is 53.1 Å². The highest BCUT2D eigenvalue weighted by atomic mass is 32.2. The van der Waals surface area contributed by atoms with Crippen molar-refractivity contribution in [3.63, 3.8) is 0 Å². The van der Waals surface area contributed by atoms with E-state index in [2.05, 4.69) is 30.9 Å². The van der Waals surface area contributed by atoms with E-state index in [1.54, 1.807) is 11.8 Å². The number of hydrogen-bond donors (Lipinski definition) is 0. The molecule has 2 aromatic rings. The summed E-state index contributed by atoms with van der Waals surface area (Å²) in [6, 6.07) is 13.3. The number of thioether (sulfide) groups is 2. The lowest BCUT2D eigenvalue weighted by atomic mass is 10.1. The van der Waals surface area contributed by atoms with Crippen molar-refractivity contribution in [2.24, 2.45) is 0 Å². The molecule has 1 aromatic carbocycles. The summed E-state index contributed by atoms with van der Waals surface area (Å²) < 4.78 is 0. The summed E-state index contributed by atoms with van der Waals surface area (Å²) >= 11 is 3.69. The highest BCUT2D eigenvalue weighted by Gasteiger charge is 2.17. The predicted octanol–water partition coefficient (Wildman–Crippen LogP) is 4.79. The number of benzene rings is 1. The monoisotopic (exact) mass is 388 g/mol. The number of hydrogen-bond acceptors (Lipinski definition) is 5. The summed E-state index contributed by atoms with van der Waals surface area (Å²) in [6.07, 6.45) is 1.20. The van der Waals surface area contributed by atoms with E-state index in [0.717, 1.165) is 23.0 Å².